The SMILES string of the molecule is Cc1ncc(-c2cc(C(F)(F)F)ccc2O[C@H]2CC(C)N(c3ccc(C(F)(F)F)cn3)[C@@H](C)C2)o1. The predicted octanol–water partition coefficient (Wildman–Crippen LogP) is 6.91. The number of rotatable bonds is 4. The highest BCUT2D eigenvalue weighted by Crippen LogP contribution is 2.39. The second-order valence-electron chi connectivity index (χ2n) is 8.67. The average molecular weight is 499 g/mol. The van der Waals surface area contributed by atoms with Crippen LogP contribution in [0.15, 0.2) is 47.1 Å². The van der Waals surface area contributed by atoms with E-state index < -0.39 is 23.5 Å². The van der Waals surface area contributed by atoms with Gasteiger partial charge in [-0.05, 0) is 44.2 Å². The van der Waals surface area contributed by atoms with Crippen molar-refractivity contribution in [1.29, 1.82) is 0 Å². The Morgan fingerprint density at radius 1 is 0.886 bits per heavy atom. The third kappa shape index (κ3) is 5.38. The molecular weight excluding hydrogens is 476 g/mol. The molecule has 1 saturated heterocycles. The van der Waals surface area contributed by atoms with Crippen LogP contribution >= 0.6 is 0 Å². The molecule has 0 bridgehead atoms. The van der Waals surface area contributed by atoms with Crippen molar-refractivity contribution in [3.63, 3.8) is 0 Å². The molecule has 1 fully saturated rings. The molecule has 35 heavy (non-hydrogen) atoms. The van der Waals surface area contributed by atoms with Gasteiger partial charge < -0.3 is 14.1 Å². The van der Waals surface area contributed by atoms with Gasteiger partial charge in [-0.25, -0.2) is 9.97 Å². The van der Waals surface area contributed by atoms with E-state index in [1.54, 1.807) is 6.92 Å². The molecule has 3 atom stereocenters. The summed E-state index contributed by atoms with van der Waals surface area (Å²) in [5, 5.41) is 0. The van der Waals surface area contributed by atoms with Gasteiger partial charge in [0.1, 0.15) is 17.7 Å². The number of pyridine rings is 1. The molecule has 2 aromatic heterocycles. The number of piperidine rings is 1. The largest absolute Gasteiger partial charge is 0.489 e. The zero-order valence-electron chi connectivity index (χ0n) is 19.1. The maximum Gasteiger partial charge on any atom is 0.417 e. The third-order valence-electron chi connectivity index (χ3n) is 5.98. The Morgan fingerprint density at radius 2 is 1.51 bits per heavy atom. The molecule has 1 aliphatic rings. The van der Waals surface area contributed by atoms with Crippen molar-refractivity contribution in [2.75, 3.05) is 4.90 Å². The number of halogens is 6. The summed E-state index contributed by atoms with van der Waals surface area (Å²) in [5.41, 5.74) is -1.51. The summed E-state index contributed by atoms with van der Waals surface area (Å²) in [6.45, 7) is 5.39. The first-order chi connectivity index (χ1) is 16.3. The van der Waals surface area contributed by atoms with Gasteiger partial charge in [-0.3, -0.25) is 0 Å². The molecule has 0 amide bonds. The van der Waals surface area contributed by atoms with Crippen LogP contribution in [-0.2, 0) is 12.4 Å². The van der Waals surface area contributed by atoms with Crippen LogP contribution in [0.2, 0.25) is 0 Å². The Morgan fingerprint density at radius 3 is 2.03 bits per heavy atom. The minimum Gasteiger partial charge on any atom is -0.489 e. The summed E-state index contributed by atoms with van der Waals surface area (Å²) in [5.74, 6) is 1.13. The highest BCUT2D eigenvalue weighted by atomic mass is 19.4. The molecule has 0 aliphatic carbocycles. The number of hydrogen-bond acceptors (Lipinski definition) is 5. The fourth-order valence-corrected chi connectivity index (χ4v) is 4.44. The lowest BCUT2D eigenvalue weighted by atomic mass is 9.94. The van der Waals surface area contributed by atoms with E-state index in [0.29, 0.717) is 24.6 Å². The van der Waals surface area contributed by atoms with Gasteiger partial charge in [0, 0.05) is 38.0 Å². The molecule has 1 aromatic carbocycles. The average Bonchev–Trinajstić information content (AvgIpc) is 3.18. The topological polar surface area (TPSA) is 51.4 Å². The van der Waals surface area contributed by atoms with E-state index in [0.717, 1.165) is 24.4 Å². The van der Waals surface area contributed by atoms with Crippen molar-refractivity contribution in [3.05, 3.63) is 59.7 Å². The van der Waals surface area contributed by atoms with Gasteiger partial charge in [0.25, 0.3) is 0 Å². The Bertz CT molecular complexity index is 1160. The molecule has 1 aliphatic heterocycles. The summed E-state index contributed by atoms with van der Waals surface area (Å²) in [7, 11) is 0. The molecule has 5 nitrogen and oxygen atoms in total. The lowest BCUT2D eigenvalue weighted by molar-refractivity contribution is -0.138. The highest BCUT2D eigenvalue weighted by Gasteiger charge is 2.36. The number of aryl methyl sites for hydroxylation is 1. The third-order valence-corrected chi connectivity index (χ3v) is 5.98. The smallest absolute Gasteiger partial charge is 0.417 e. The molecule has 188 valence electrons. The number of anilines is 1. The van der Waals surface area contributed by atoms with E-state index in [9.17, 15) is 26.3 Å². The van der Waals surface area contributed by atoms with Gasteiger partial charge in [0.15, 0.2) is 11.7 Å². The van der Waals surface area contributed by atoms with Crippen molar-refractivity contribution in [2.24, 2.45) is 0 Å². The summed E-state index contributed by atoms with van der Waals surface area (Å²) >= 11 is 0. The fourth-order valence-electron chi connectivity index (χ4n) is 4.44. The number of alkyl halides is 6. The minimum atomic E-state index is -4.54. The number of nitrogens with zero attached hydrogens (tertiary/aromatic N) is 3. The lowest BCUT2D eigenvalue weighted by Crippen LogP contribution is -2.50. The van der Waals surface area contributed by atoms with Crippen LogP contribution in [0, 0.1) is 6.92 Å². The second-order valence-corrected chi connectivity index (χ2v) is 8.67. The van der Waals surface area contributed by atoms with Crippen LogP contribution < -0.4 is 9.64 Å². The van der Waals surface area contributed by atoms with E-state index in [2.05, 4.69) is 9.97 Å². The second kappa shape index (κ2) is 9.09. The Kier molecular flexibility index (Phi) is 6.46. The van der Waals surface area contributed by atoms with Crippen molar-refractivity contribution < 1.29 is 35.5 Å². The van der Waals surface area contributed by atoms with Gasteiger partial charge >= 0.3 is 12.4 Å². The quantitative estimate of drug-likeness (QED) is 0.365. The van der Waals surface area contributed by atoms with Crippen molar-refractivity contribution in [1.82, 2.24) is 9.97 Å². The van der Waals surface area contributed by atoms with Crippen LogP contribution in [0.5, 0.6) is 5.75 Å². The molecular formula is C24H23F6N3O2. The zero-order chi connectivity index (χ0) is 25.5. The standard InChI is InChI=1S/C24H23F6N3O2/c1-13-8-18(9-14(2)33(13)22-7-5-17(11-32-22)24(28,29)30)35-20-6-4-16(23(25,26)27)10-19(20)21-12-31-15(3)34-21/h4-7,10-14,18H,8-9H2,1-3H3/t13-,14?,18+/m0/s1. The van der Waals surface area contributed by atoms with E-state index >= 15 is 0 Å². The Hall–Kier alpha value is -3.24. The fraction of sp³-hybridized carbons (Fsp3) is 0.417. The normalized spacial score (nSPS) is 21.3. The van der Waals surface area contributed by atoms with Crippen LogP contribution in [0.3, 0.4) is 0 Å². The number of oxazole rings is 1. The summed E-state index contributed by atoms with van der Waals surface area (Å²) < 4.78 is 90.2. The number of aromatic nitrogens is 2. The molecule has 1 unspecified atom stereocenters. The molecule has 0 radical (unpaired) electrons. The lowest BCUT2D eigenvalue weighted by Gasteiger charge is -2.43. The maximum absolute atomic E-state index is 13.3. The summed E-state index contributed by atoms with van der Waals surface area (Å²) in [6, 6.07) is 5.27. The van der Waals surface area contributed by atoms with Crippen molar-refractivity contribution in [2.45, 2.75) is 64.2 Å². The zero-order valence-corrected chi connectivity index (χ0v) is 19.1. The molecule has 0 N–H and O–H groups in total. The van der Waals surface area contributed by atoms with Gasteiger partial charge in [-0.15, -0.1) is 0 Å². The monoisotopic (exact) mass is 499 g/mol. The Balaban J connectivity index is 1.55. The first kappa shape index (κ1) is 24.9. The molecule has 0 spiro atoms. The van der Waals surface area contributed by atoms with E-state index in [-0.39, 0.29) is 35.3 Å². The maximum atomic E-state index is 13.3. The predicted molar refractivity (Wildman–Crippen MR) is 116 cm³/mol. The Labute approximate surface area is 197 Å². The van der Waals surface area contributed by atoms with Gasteiger partial charge in [-0.1, -0.05) is 0 Å². The highest BCUT2D eigenvalue weighted by molar-refractivity contribution is 5.66. The van der Waals surface area contributed by atoms with E-state index in [4.69, 9.17) is 9.15 Å². The van der Waals surface area contributed by atoms with E-state index in [1.807, 2.05) is 18.7 Å². The molecule has 11 heteroatoms. The molecule has 3 heterocycles. The van der Waals surface area contributed by atoms with Gasteiger partial charge in [-0.2, -0.15) is 26.3 Å². The number of benzene rings is 1. The van der Waals surface area contributed by atoms with Crippen LogP contribution in [0.1, 0.15) is 43.7 Å². The van der Waals surface area contributed by atoms with Gasteiger partial charge in [0.2, 0.25) is 0 Å². The summed E-state index contributed by atoms with van der Waals surface area (Å²) in [6.07, 6.45) is -6.21. The molecule has 0 saturated carbocycles. The van der Waals surface area contributed by atoms with Crippen molar-refractivity contribution in [3.8, 4) is 17.1 Å². The minimum absolute atomic E-state index is 0.140. The van der Waals surface area contributed by atoms with Crippen LogP contribution in [-0.4, -0.2) is 28.2 Å². The van der Waals surface area contributed by atoms with Gasteiger partial charge in [0.05, 0.1) is 22.9 Å². The first-order valence-electron chi connectivity index (χ1n) is 10.9. The number of hydrogen-bond donors (Lipinski definition) is 0. The van der Waals surface area contributed by atoms with E-state index in [1.165, 1.54) is 18.3 Å². The number of ether oxygens (including phenoxy) is 1. The van der Waals surface area contributed by atoms with Crippen molar-refractivity contribution >= 4 is 5.82 Å². The molecule has 4 rings (SSSR count). The van der Waals surface area contributed by atoms with Crippen LogP contribution in [0.4, 0.5) is 32.2 Å². The first-order valence-corrected chi connectivity index (χ1v) is 10.9. The van der Waals surface area contributed by atoms with Crippen LogP contribution in [0.25, 0.3) is 11.3 Å². The molecule has 3 aromatic rings. The summed E-state index contributed by atoms with van der Waals surface area (Å²) in [4.78, 5) is 9.90.